The number of carbonyl (C=O) groups excluding carboxylic acids is 1. The zero-order valence-corrected chi connectivity index (χ0v) is 11.3. The van der Waals surface area contributed by atoms with Crippen LogP contribution in [0.2, 0.25) is 5.02 Å². The molecule has 2 N–H and O–H groups in total. The van der Waals surface area contributed by atoms with Crippen LogP contribution < -0.4 is 10.6 Å². The molecule has 6 heteroatoms. The Labute approximate surface area is 116 Å². The summed E-state index contributed by atoms with van der Waals surface area (Å²) in [5.41, 5.74) is 1.27. The molecule has 5 nitrogen and oxygen atoms in total. The van der Waals surface area contributed by atoms with E-state index in [2.05, 4.69) is 20.6 Å². The van der Waals surface area contributed by atoms with Crippen molar-refractivity contribution in [3.05, 3.63) is 46.7 Å². The number of aryl methyl sites for hydroxylation is 1. The van der Waals surface area contributed by atoms with E-state index >= 15 is 0 Å². The van der Waals surface area contributed by atoms with E-state index in [0.29, 0.717) is 22.2 Å². The summed E-state index contributed by atoms with van der Waals surface area (Å²) in [6.07, 6.45) is 3.09. The minimum atomic E-state index is -0.293. The van der Waals surface area contributed by atoms with Gasteiger partial charge in [0.05, 0.1) is 10.6 Å². The van der Waals surface area contributed by atoms with Crippen molar-refractivity contribution in [2.75, 3.05) is 17.7 Å². The monoisotopic (exact) mass is 276 g/mol. The first-order valence-electron chi connectivity index (χ1n) is 5.68. The number of pyridine rings is 2. The van der Waals surface area contributed by atoms with E-state index < -0.39 is 0 Å². The molecule has 2 aromatic rings. The Morgan fingerprint density at radius 3 is 2.74 bits per heavy atom. The lowest BCUT2D eigenvalue weighted by atomic mass is 10.2. The molecule has 0 aliphatic carbocycles. The van der Waals surface area contributed by atoms with Gasteiger partial charge >= 0.3 is 0 Å². The van der Waals surface area contributed by atoms with Crippen molar-refractivity contribution in [1.82, 2.24) is 9.97 Å². The number of amides is 1. The molecule has 0 aliphatic rings. The van der Waals surface area contributed by atoms with Gasteiger partial charge in [0.2, 0.25) is 0 Å². The first kappa shape index (κ1) is 13.3. The number of nitrogens with zero attached hydrogens (tertiary/aromatic N) is 2. The molecule has 2 heterocycles. The number of hydrogen-bond acceptors (Lipinski definition) is 4. The fourth-order valence-corrected chi connectivity index (χ4v) is 1.80. The van der Waals surface area contributed by atoms with Crippen LogP contribution >= 0.6 is 11.6 Å². The van der Waals surface area contributed by atoms with Crippen LogP contribution in [-0.2, 0) is 0 Å². The molecule has 0 atom stereocenters. The van der Waals surface area contributed by atoms with Crippen LogP contribution in [0, 0.1) is 6.92 Å². The highest BCUT2D eigenvalue weighted by atomic mass is 35.5. The van der Waals surface area contributed by atoms with Crippen LogP contribution in [0.4, 0.5) is 11.6 Å². The van der Waals surface area contributed by atoms with Crippen LogP contribution in [0.5, 0.6) is 0 Å². The van der Waals surface area contributed by atoms with Gasteiger partial charge in [-0.2, -0.15) is 0 Å². The van der Waals surface area contributed by atoms with Crippen molar-refractivity contribution < 1.29 is 4.79 Å². The summed E-state index contributed by atoms with van der Waals surface area (Å²) in [5, 5.41) is 5.95. The largest absolute Gasteiger partial charge is 0.372 e. The van der Waals surface area contributed by atoms with Crippen LogP contribution in [0.15, 0.2) is 30.6 Å². The van der Waals surface area contributed by atoms with Gasteiger partial charge in [0, 0.05) is 19.4 Å². The standard InChI is InChI=1S/C13H13ClN4O/c1-8-4-3-5-16-11(8)18-13(19)9-6-10(14)12(15-2)17-7-9/h3-7H,1-2H3,(H,15,17)(H,16,18,19). The maximum absolute atomic E-state index is 12.0. The second-order valence-corrected chi connectivity index (χ2v) is 4.33. The van der Waals surface area contributed by atoms with Crippen LogP contribution in [-0.4, -0.2) is 22.9 Å². The van der Waals surface area contributed by atoms with Gasteiger partial charge in [-0.3, -0.25) is 4.79 Å². The molecule has 0 aliphatic heterocycles. The highest BCUT2D eigenvalue weighted by molar-refractivity contribution is 6.33. The number of anilines is 2. The van der Waals surface area contributed by atoms with E-state index in [-0.39, 0.29) is 5.91 Å². The van der Waals surface area contributed by atoms with Gasteiger partial charge < -0.3 is 10.6 Å². The molecule has 19 heavy (non-hydrogen) atoms. The van der Waals surface area contributed by atoms with Crippen molar-refractivity contribution >= 4 is 29.1 Å². The number of hydrogen-bond donors (Lipinski definition) is 2. The van der Waals surface area contributed by atoms with Gasteiger partial charge in [-0.25, -0.2) is 9.97 Å². The van der Waals surface area contributed by atoms with E-state index in [1.165, 1.54) is 6.20 Å². The van der Waals surface area contributed by atoms with Crippen molar-refractivity contribution in [3.63, 3.8) is 0 Å². The average molecular weight is 277 g/mol. The molecule has 0 aromatic carbocycles. The molecule has 0 radical (unpaired) electrons. The Kier molecular flexibility index (Phi) is 3.97. The van der Waals surface area contributed by atoms with E-state index in [0.717, 1.165) is 5.56 Å². The smallest absolute Gasteiger partial charge is 0.258 e. The zero-order valence-electron chi connectivity index (χ0n) is 10.6. The summed E-state index contributed by atoms with van der Waals surface area (Å²) in [7, 11) is 1.71. The van der Waals surface area contributed by atoms with E-state index in [1.807, 2.05) is 19.1 Å². The van der Waals surface area contributed by atoms with Crippen molar-refractivity contribution in [1.29, 1.82) is 0 Å². The average Bonchev–Trinajstić information content (AvgIpc) is 2.41. The van der Waals surface area contributed by atoms with Crippen LogP contribution in [0.3, 0.4) is 0 Å². The Morgan fingerprint density at radius 2 is 2.11 bits per heavy atom. The fourth-order valence-electron chi connectivity index (χ4n) is 1.54. The number of aromatic nitrogens is 2. The first-order valence-corrected chi connectivity index (χ1v) is 6.06. The number of rotatable bonds is 3. The summed E-state index contributed by atoms with van der Waals surface area (Å²) in [5.74, 6) is 0.771. The number of halogens is 1. The molecule has 1 amide bonds. The summed E-state index contributed by atoms with van der Waals surface area (Å²) in [4.78, 5) is 20.2. The molecule has 98 valence electrons. The minimum absolute atomic E-state index is 0.293. The molecule has 0 saturated carbocycles. The summed E-state index contributed by atoms with van der Waals surface area (Å²) >= 11 is 5.99. The topological polar surface area (TPSA) is 66.9 Å². The Hall–Kier alpha value is -2.14. The van der Waals surface area contributed by atoms with Crippen molar-refractivity contribution in [2.24, 2.45) is 0 Å². The molecule has 0 spiro atoms. The maximum atomic E-state index is 12.0. The highest BCUT2D eigenvalue weighted by Gasteiger charge is 2.11. The zero-order chi connectivity index (χ0) is 13.8. The summed E-state index contributed by atoms with van der Waals surface area (Å²) < 4.78 is 0. The van der Waals surface area contributed by atoms with Crippen LogP contribution in [0.25, 0.3) is 0 Å². The Bertz CT molecular complexity index is 615. The fraction of sp³-hybridized carbons (Fsp3) is 0.154. The molecule has 0 bridgehead atoms. The summed E-state index contributed by atoms with van der Waals surface area (Å²) in [6, 6.07) is 5.25. The van der Waals surface area contributed by atoms with Gasteiger partial charge in [0.25, 0.3) is 5.91 Å². The van der Waals surface area contributed by atoms with E-state index in [1.54, 1.807) is 19.3 Å². The van der Waals surface area contributed by atoms with Gasteiger partial charge in [-0.1, -0.05) is 17.7 Å². The molecule has 0 fully saturated rings. The van der Waals surface area contributed by atoms with Crippen molar-refractivity contribution in [3.8, 4) is 0 Å². The maximum Gasteiger partial charge on any atom is 0.258 e. The number of carbonyl (C=O) groups is 1. The van der Waals surface area contributed by atoms with Crippen LogP contribution in [0.1, 0.15) is 15.9 Å². The molecule has 2 aromatic heterocycles. The Balaban J connectivity index is 2.21. The van der Waals surface area contributed by atoms with E-state index in [9.17, 15) is 4.79 Å². The normalized spacial score (nSPS) is 10.1. The van der Waals surface area contributed by atoms with Gasteiger partial charge in [-0.05, 0) is 24.6 Å². The Morgan fingerprint density at radius 1 is 1.32 bits per heavy atom. The molecular formula is C13H13ClN4O. The predicted octanol–water partition coefficient (Wildman–Crippen LogP) is 2.73. The quantitative estimate of drug-likeness (QED) is 0.905. The molecule has 0 saturated heterocycles. The minimum Gasteiger partial charge on any atom is -0.372 e. The predicted molar refractivity (Wildman–Crippen MR) is 75.7 cm³/mol. The molecule has 0 unspecified atom stereocenters. The first-order chi connectivity index (χ1) is 9.11. The number of nitrogens with one attached hydrogen (secondary N) is 2. The second-order valence-electron chi connectivity index (χ2n) is 3.93. The third-order valence-electron chi connectivity index (χ3n) is 2.58. The lowest BCUT2D eigenvalue weighted by Crippen LogP contribution is -2.14. The van der Waals surface area contributed by atoms with Gasteiger partial charge in [0.1, 0.15) is 11.6 Å². The highest BCUT2D eigenvalue weighted by Crippen LogP contribution is 2.20. The van der Waals surface area contributed by atoms with Crippen molar-refractivity contribution in [2.45, 2.75) is 6.92 Å². The molecular weight excluding hydrogens is 264 g/mol. The van der Waals surface area contributed by atoms with E-state index in [4.69, 9.17) is 11.6 Å². The lowest BCUT2D eigenvalue weighted by Gasteiger charge is -2.08. The third kappa shape index (κ3) is 3.00. The summed E-state index contributed by atoms with van der Waals surface area (Å²) in [6.45, 7) is 1.87. The third-order valence-corrected chi connectivity index (χ3v) is 2.87. The second kappa shape index (κ2) is 5.67. The SMILES string of the molecule is CNc1ncc(C(=O)Nc2ncccc2C)cc1Cl. The van der Waals surface area contributed by atoms with Gasteiger partial charge in [0.15, 0.2) is 0 Å². The van der Waals surface area contributed by atoms with Gasteiger partial charge in [-0.15, -0.1) is 0 Å². The molecule has 2 rings (SSSR count). The lowest BCUT2D eigenvalue weighted by molar-refractivity contribution is 0.102.